The maximum Gasteiger partial charge on any atom is 0.147 e. The highest BCUT2D eigenvalue weighted by atomic mass is 15.3. The SMILES string of the molecule is CC1CN(C)CCN1c1cnc(C(=N)N)cn1. The van der Waals surface area contributed by atoms with E-state index in [-0.39, 0.29) is 5.84 Å². The van der Waals surface area contributed by atoms with Gasteiger partial charge >= 0.3 is 0 Å². The Hall–Kier alpha value is -1.69. The van der Waals surface area contributed by atoms with Gasteiger partial charge in [0.05, 0.1) is 12.4 Å². The van der Waals surface area contributed by atoms with Gasteiger partial charge in [-0.3, -0.25) is 5.41 Å². The van der Waals surface area contributed by atoms with E-state index in [1.54, 1.807) is 12.4 Å². The second-order valence-corrected chi connectivity index (χ2v) is 4.48. The molecule has 0 bridgehead atoms. The second-order valence-electron chi connectivity index (χ2n) is 4.48. The average molecular weight is 234 g/mol. The molecule has 92 valence electrons. The van der Waals surface area contributed by atoms with Crippen LogP contribution in [0.15, 0.2) is 12.4 Å². The van der Waals surface area contributed by atoms with Crippen molar-refractivity contribution in [2.75, 3.05) is 31.6 Å². The summed E-state index contributed by atoms with van der Waals surface area (Å²) in [5.41, 5.74) is 5.77. The molecule has 1 fully saturated rings. The van der Waals surface area contributed by atoms with Crippen LogP contribution in [0.5, 0.6) is 0 Å². The number of anilines is 1. The van der Waals surface area contributed by atoms with Gasteiger partial charge in [-0.05, 0) is 14.0 Å². The lowest BCUT2D eigenvalue weighted by atomic mass is 10.2. The van der Waals surface area contributed by atoms with Crippen molar-refractivity contribution in [1.29, 1.82) is 5.41 Å². The molecule has 6 nitrogen and oxygen atoms in total. The van der Waals surface area contributed by atoms with E-state index < -0.39 is 0 Å². The summed E-state index contributed by atoms with van der Waals surface area (Å²) in [6.45, 7) is 5.18. The predicted molar refractivity (Wildman–Crippen MR) is 67.4 cm³/mol. The quantitative estimate of drug-likeness (QED) is 0.551. The molecule has 0 spiro atoms. The minimum atomic E-state index is -0.0459. The van der Waals surface area contributed by atoms with Gasteiger partial charge in [0, 0.05) is 25.7 Å². The molecule has 17 heavy (non-hydrogen) atoms. The fraction of sp³-hybridized carbons (Fsp3) is 0.545. The monoisotopic (exact) mass is 234 g/mol. The number of piperazine rings is 1. The molecule has 0 saturated carbocycles. The summed E-state index contributed by atoms with van der Waals surface area (Å²) in [5, 5.41) is 7.27. The van der Waals surface area contributed by atoms with Crippen molar-refractivity contribution in [2.24, 2.45) is 5.73 Å². The van der Waals surface area contributed by atoms with Gasteiger partial charge in [-0.15, -0.1) is 0 Å². The molecule has 0 aromatic carbocycles. The van der Waals surface area contributed by atoms with Gasteiger partial charge in [0.1, 0.15) is 17.3 Å². The minimum absolute atomic E-state index is 0.0459. The van der Waals surface area contributed by atoms with Crippen molar-refractivity contribution < 1.29 is 0 Å². The predicted octanol–water partition coefficient (Wildman–Crippen LogP) is -0.0990. The van der Waals surface area contributed by atoms with Crippen LogP contribution in [0, 0.1) is 5.41 Å². The molecule has 2 heterocycles. The van der Waals surface area contributed by atoms with Crippen LogP contribution < -0.4 is 10.6 Å². The molecule has 2 rings (SSSR count). The van der Waals surface area contributed by atoms with Crippen molar-refractivity contribution in [2.45, 2.75) is 13.0 Å². The van der Waals surface area contributed by atoms with Crippen LogP contribution >= 0.6 is 0 Å². The summed E-state index contributed by atoms with van der Waals surface area (Å²) >= 11 is 0. The van der Waals surface area contributed by atoms with E-state index in [9.17, 15) is 0 Å². The van der Waals surface area contributed by atoms with Crippen LogP contribution in [0.4, 0.5) is 5.82 Å². The highest BCUT2D eigenvalue weighted by Gasteiger charge is 2.22. The molecule has 1 aromatic rings. The van der Waals surface area contributed by atoms with Gasteiger partial charge < -0.3 is 15.5 Å². The Morgan fingerprint density at radius 1 is 1.41 bits per heavy atom. The number of nitrogens with two attached hydrogens (primary N) is 1. The summed E-state index contributed by atoms with van der Waals surface area (Å²) in [7, 11) is 2.12. The average Bonchev–Trinajstić information content (AvgIpc) is 2.29. The third-order valence-corrected chi connectivity index (χ3v) is 3.04. The van der Waals surface area contributed by atoms with E-state index in [0.29, 0.717) is 11.7 Å². The third kappa shape index (κ3) is 2.52. The lowest BCUT2D eigenvalue weighted by Crippen LogP contribution is -2.50. The molecule has 1 aliphatic rings. The highest BCUT2D eigenvalue weighted by Crippen LogP contribution is 2.16. The molecule has 1 saturated heterocycles. The first-order valence-electron chi connectivity index (χ1n) is 5.69. The topological polar surface area (TPSA) is 82.1 Å². The first kappa shape index (κ1) is 11.8. The molecule has 3 N–H and O–H groups in total. The lowest BCUT2D eigenvalue weighted by Gasteiger charge is -2.38. The van der Waals surface area contributed by atoms with E-state index >= 15 is 0 Å². The Morgan fingerprint density at radius 2 is 2.18 bits per heavy atom. The summed E-state index contributed by atoms with van der Waals surface area (Å²) in [4.78, 5) is 13.0. The zero-order chi connectivity index (χ0) is 12.4. The van der Waals surface area contributed by atoms with Crippen molar-refractivity contribution >= 4 is 11.7 Å². The molecule has 0 radical (unpaired) electrons. The third-order valence-electron chi connectivity index (χ3n) is 3.04. The smallest absolute Gasteiger partial charge is 0.147 e. The number of nitrogens with zero attached hydrogens (tertiary/aromatic N) is 4. The van der Waals surface area contributed by atoms with Crippen molar-refractivity contribution in [3.05, 3.63) is 18.1 Å². The lowest BCUT2D eigenvalue weighted by molar-refractivity contribution is 0.274. The number of nitrogens with one attached hydrogen (secondary N) is 1. The summed E-state index contributed by atoms with van der Waals surface area (Å²) < 4.78 is 0. The number of hydrogen-bond acceptors (Lipinski definition) is 5. The Balaban J connectivity index is 2.14. The molecular weight excluding hydrogens is 216 g/mol. The summed E-state index contributed by atoms with van der Waals surface area (Å²) in [5.74, 6) is 0.811. The van der Waals surface area contributed by atoms with Crippen molar-refractivity contribution in [3.63, 3.8) is 0 Å². The summed E-state index contributed by atoms with van der Waals surface area (Å²) in [6, 6.07) is 0.422. The van der Waals surface area contributed by atoms with Crippen LogP contribution in [-0.2, 0) is 0 Å². The van der Waals surface area contributed by atoms with E-state index in [2.05, 4.69) is 33.7 Å². The van der Waals surface area contributed by atoms with E-state index in [1.165, 1.54) is 0 Å². The Bertz CT molecular complexity index is 401. The number of rotatable bonds is 2. The molecule has 1 atom stereocenters. The van der Waals surface area contributed by atoms with Gasteiger partial charge in [-0.1, -0.05) is 0 Å². The molecule has 1 aliphatic heterocycles. The van der Waals surface area contributed by atoms with E-state index in [0.717, 1.165) is 25.5 Å². The largest absolute Gasteiger partial charge is 0.382 e. The van der Waals surface area contributed by atoms with Crippen LogP contribution in [0.2, 0.25) is 0 Å². The van der Waals surface area contributed by atoms with Gasteiger partial charge in [-0.25, -0.2) is 9.97 Å². The fourth-order valence-corrected chi connectivity index (χ4v) is 2.09. The van der Waals surface area contributed by atoms with Crippen LogP contribution in [0.1, 0.15) is 12.6 Å². The normalized spacial score (nSPS) is 21.5. The Morgan fingerprint density at radius 3 is 2.71 bits per heavy atom. The zero-order valence-electron chi connectivity index (χ0n) is 10.2. The van der Waals surface area contributed by atoms with Crippen molar-refractivity contribution in [3.8, 4) is 0 Å². The van der Waals surface area contributed by atoms with Crippen LogP contribution in [0.25, 0.3) is 0 Å². The summed E-state index contributed by atoms with van der Waals surface area (Å²) in [6.07, 6.45) is 3.25. The second kappa shape index (κ2) is 4.67. The standard InChI is InChI=1S/C11H18N6/c1-8-7-16(2)3-4-17(8)10-6-14-9(5-15-10)11(12)13/h5-6,8H,3-4,7H2,1-2H3,(H3,12,13). The first-order chi connectivity index (χ1) is 8.08. The van der Waals surface area contributed by atoms with E-state index in [1.807, 2.05) is 0 Å². The Kier molecular flexibility index (Phi) is 3.23. The van der Waals surface area contributed by atoms with Crippen molar-refractivity contribution in [1.82, 2.24) is 14.9 Å². The molecule has 1 unspecified atom stereocenters. The maximum atomic E-state index is 7.27. The van der Waals surface area contributed by atoms with Gasteiger partial charge in [0.2, 0.25) is 0 Å². The highest BCUT2D eigenvalue weighted by molar-refractivity contribution is 5.92. The number of nitrogen functional groups attached to an aromatic ring is 1. The van der Waals surface area contributed by atoms with E-state index in [4.69, 9.17) is 11.1 Å². The number of hydrogen-bond donors (Lipinski definition) is 2. The number of aromatic nitrogens is 2. The van der Waals surface area contributed by atoms with Gasteiger partial charge in [-0.2, -0.15) is 0 Å². The molecule has 1 aromatic heterocycles. The minimum Gasteiger partial charge on any atom is -0.382 e. The number of amidine groups is 1. The number of likely N-dealkylation sites (N-methyl/N-ethyl adjacent to an activating group) is 1. The van der Waals surface area contributed by atoms with Gasteiger partial charge in [0.15, 0.2) is 0 Å². The molecule has 0 amide bonds. The molecule has 0 aliphatic carbocycles. The maximum absolute atomic E-state index is 7.27. The van der Waals surface area contributed by atoms with Gasteiger partial charge in [0.25, 0.3) is 0 Å². The fourth-order valence-electron chi connectivity index (χ4n) is 2.09. The van der Waals surface area contributed by atoms with Crippen LogP contribution in [-0.4, -0.2) is 53.4 Å². The van der Waals surface area contributed by atoms with Crippen LogP contribution in [0.3, 0.4) is 0 Å². The molecule has 6 heteroatoms. The molecular formula is C11H18N6. The zero-order valence-corrected chi connectivity index (χ0v) is 10.2. The Labute approximate surface area is 101 Å². The first-order valence-corrected chi connectivity index (χ1v) is 5.69.